The number of hydrogen-bond acceptors (Lipinski definition) is 3. The van der Waals surface area contributed by atoms with Crippen molar-refractivity contribution < 1.29 is 9.59 Å². The molecule has 1 saturated heterocycles. The SMILES string of the molecule is CC(C)c1ccccc1N1C(=O)CS[C@H]1c1ccc(NC(=O)c2ccc(C(C)(C)C)cc2)cc1. The molecule has 1 fully saturated rings. The van der Waals surface area contributed by atoms with E-state index in [0.717, 1.165) is 16.9 Å². The van der Waals surface area contributed by atoms with Crippen LogP contribution < -0.4 is 10.2 Å². The predicted molar refractivity (Wildman–Crippen MR) is 143 cm³/mol. The molecule has 1 heterocycles. The number of hydrogen-bond donors (Lipinski definition) is 1. The molecule has 0 bridgehead atoms. The quantitative estimate of drug-likeness (QED) is 0.429. The zero-order valence-corrected chi connectivity index (χ0v) is 21.3. The third kappa shape index (κ3) is 5.05. The topological polar surface area (TPSA) is 49.4 Å². The third-order valence-corrected chi connectivity index (χ3v) is 7.37. The third-order valence-electron chi connectivity index (χ3n) is 6.15. The Morgan fingerprint density at radius 2 is 1.62 bits per heavy atom. The smallest absolute Gasteiger partial charge is 0.255 e. The number of para-hydroxylation sites is 1. The molecule has 2 amide bonds. The summed E-state index contributed by atoms with van der Waals surface area (Å²) in [5.74, 6) is 0.774. The van der Waals surface area contributed by atoms with Crippen molar-refractivity contribution in [3.63, 3.8) is 0 Å². The van der Waals surface area contributed by atoms with Crippen molar-refractivity contribution in [3.8, 4) is 0 Å². The zero-order chi connectivity index (χ0) is 24.5. The summed E-state index contributed by atoms with van der Waals surface area (Å²) in [6, 6.07) is 23.7. The molecule has 0 spiro atoms. The molecule has 3 aromatic carbocycles. The summed E-state index contributed by atoms with van der Waals surface area (Å²) in [7, 11) is 0. The monoisotopic (exact) mass is 472 g/mol. The average molecular weight is 473 g/mol. The highest BCUT2D eigenvalue weighted by Crippen LogP contribution is 2.44. The van der Waals surface area contributed by atoms with E-state index in [0.29, 0.717) is 17.2 Å². The van der Waals surface area contributed by atoms with Gasteiger partial charge in [-0.05, 0) is 58.4 Å². The second-order valence-corrected chi connectivity index (χ2v) is 11.1. The van der Waals surface area contributed by atoms with Crippen LogP contribution in [0.2, 0.25) is 0 Å². The number of nitrogens with zero attached hydrogens (tertiary/aromatic N) is 1. The van der Waals surface area contributed by atoms with Crippen molar-refractivity contribution in [2.75, 3.05) is 16.0 Å². The van der Waals surface area contributed by atoms with Gasteiger partial charge >= 0.3 is 0 Å². The second-order valence-electron chi connectivity index (χ2n) is 10.0. The Labute approximate surface area is 206 Å². The van der Waals surface area contributed by atoms with E-state index in [1.165, 1.54) is 11.1 Å². The van der Waals surface area contributed by atoms with Gasteiger partial charge in [-0.2, -0.15) is 0 Å². The van der Waals surface area contributed by atoms with Gasteiger partial charge in [0.05, 0.1) is 5.75 Å². The Morgan fingerprint density at radius 3 is 2.24 bits per heavy atom. The molecular weight excluding hydrogens is 440 g/mol. The molecule has 0 unspecified atom stereocenters. The maximum atomic E-state index is 12.8. The van der Waals surface area contributed by atoms with Gasteiger partial charge in [0.15, 0.2) is 0 Å². The lowest BCUT2D eigenvalue weighted by atomic mass is 9.87. The molecule has 4 rings (SSSR count). The maximum absolute atomic E-state index is 12.8. The van der Waals surface area contributed by atoms with Gasteiger partial charge in [-0.3, -0.25) is 14.5 Å². The van der Waals surface area contributed by atoms with Gasteiger partial charge in [0.25, 0.3) is 5.91 Å². The molecule has 1 aliphatic rings. The average Bonchev–Trinajstić information content (AvgIpc) is 3.20. The molecule has 0 aliphatic carbocycles. The lowest BCUT2D eigenvalue weighted by molar-refractivity contribution is -0.115. The van der Waals surface area contributed by atoms with Gasteiger partial charge in [-0.1, -0.05) is 77.1 Å². The van der Waals surface area contributed by atoms with E-state index in [1.807, 2.05) is 71.6 Å². The Morgan fingerprint density at radius 1 is 0.971 bits per heavy atom. The molecule has 34 heavy (non-hydrogen) atoms. The number of nitrogens with one attached hydrogen (secondary N) is 1. The first-order valence-electron chi connectivity index (χ1n) is 11.7. The number of thioether (sulfide) groups is 1. The van der Waals surface area contributed by atoms with Gasteiger partial charge in [-0.15, -0.1) is 11.8 Å². The first kappa shape index (κ1) is 24.1. The fourth-order valence-corrected chi connectivity index (χ4v) is 5.35. The minimum absolute atomic E-state index is 0.0496. The first-order valence-corrected chi connectivity index (χ1v) is 12.7. The van der Waals surface area contributed by atoms with E-state index in [9.17, 15) is 9.59 Å². The van der Waals surface area contributed by atoms with Crippen molar-refractivity contribution in [2.45, 2.75) is 51.3 Å². The van der Waals surface area contributed by atoms with E-state index >= 15 is 0 Å². The number of carbonyl (C=O) groups is 2. The van der Waals surface area contributed by atoms with E-state index in [-0.39, 0.29) is 22.6 Å². The molecule has 0 radical (unpaired) electrons. The van der Waals surface area contributed by atoms with Crippen LogP contribution in [0.4, 0.5) is 11.4 Å². The van der Waals surface area contributed by atoms with Crippen LogP contribution >= 0.6 is 11.8 Å². The Balaban J connectivity index is 1.51. The predicted octanol–water partition coefficient (Wildman–Crippen LogP) is 7.14. The summed E-state index contributed by atoms with van der Waals surface area (Å²) in [5, 5.41) is 2.90. The van der Waals surface area contributed by atoms with Crippen molar-refractivity contribution in [1.82, 2.24) is 0 Å². The zero-order valence-electron chi connectivity index (χ0n) is 20.5. The highest BCUT2D eigenvalue weighted by molar-refractivity contribution is 8.00. The summed E-state index contributed by atoms with van der Waals surface area (Å²) in [4.78, 5) is 27.5. The normalized spacial score (nSPS) is 16.2. The summed E-state index contributed by atoms with van der Waals surface area (Å²) < 4.78 is 0. The van der Waals surface area contributed by atoms with Gasteiger partial charge in [0.1, 0.15) is 5.37 Å². The minimum atomic E-state index is -0.133. The van der Waals surface area contributed by atoms with Crippen LogP contribution in [0, 0.1) is 0 Å². The van der Waals surface area contributed by atoms with Crippen LogP contribution in [0.1, 0.15) is 73.0 Å². The molecule has 0 saturated carbocycles. The van der Waals surface area contributed by atoms with Crippen LogP contribution in [0.5, 0.6) is 0 Å². The highest BCUT2D eigenvalue weighted by Gasteiger charge is 2.35. The van der Waals surface area contributed by atoms with Crippen LogP contribution in [0.25, 0.3) is 0 Å². The summed E-state index contributed by atoms with van der Waals surface area (Å²) in [5.41, 5.74) is 5.80. The van der Waals surface area contributed by atoms with Crippen LogP contribution in [0.3, 0.4) is 0 Å². The lowest BCUT2D eigenvalue weighted by Crippen LogP contribution is -2.29. The largest absolute Gasteiger partial charge is 0.322 e. The lowest BCUT2D eigenvalue weighted by Gasteiger charge is -2.27. The van der Waals surface area contributed by atoms with E-state index in [1.54, 1.807) is 11.8 Å². The van der Waals surface area contributed by atoms with Gasteiger partial charge in [0.2, 0.25) is 5.91 Å². The number of amides is 2. The molecule has 5 heteroatoms. The van der Waals surface area contributed by atoms with Crippen LogP contribution in [-0.2, 0) is 10.2 Å². The molecule has 1 N–H and O–H groups in total. The molecule has 0 aromatic heterocycles. The maximum Gasteiger partial charge on any atom is 0.255 e. The highest BCUT2D eigenvalue weighted by atomic mass is 32.2. The molecule has 4 nitrogen and oxygen atoms in total. The standard InChI is InChI=1S/C29H32N2O2S/c1-19(2)24-8-6-7-9-25(24)31-26(32)18-34-28(31)21-12-16-23(17-13-21)30-27(33)20-10-14-22(15-11-20)29(3,4)5/h6-17,19,28H,18H2,1-5H3,(H,30,33)/t28-/m0/s1. The minimum Gasteiger partial charge on any atom is -0.322 e. The number of carbonyl (C=O) groups excluding carboxylic acids is 2. The second kappa shape index (κ2) is 9.67. The van der Waals surface area contributed by atoms with Gasteiger partial charge in [0, 0.05) is 16.9 Å². The molecule has 176 valence electrons. The number of rotatable bonds is 5. The fraction of sp³-hybridized carbons (Fsp3) is 0.310. The Bertz CT molecular complexity index is 1180. The molecule has 3 aromatic rings. The van der Waals surface area contributed by atoms with Crippen molar-refractivity contribution in [2.24, 2.45) is 0 Å². The van der Waals surface area contributed by atoms with E-state index < -0.39 is 0 Å². The van der Waals surface area contributed by atoms with Crippen molar-refractivity contribution in [3.05, 3.63) is 95.1 Å². The van der Waals surface area contributed by atoms with Gasteiger partial charge in [-0.25, -0.2) is 0 Å². The fourth-order valence-electron chi connectivity index (χ4n) is 4.18. The molecule has 1 atom stereocenters. The first-order chi connectivity index (χ1) is 16.1. The molecular formula is C29H32N2O2S. The van der Waals surface area contributed by atoms with Gasteiger partial charge < -0.3 is 5.32 Å². The van der Waals surface area contributed by atoms with Crippen LogP contribution in [-0.4, -0.2) is 17.6 Å². The van der Waals surface area contributed by atoms with Crippen LogP contribution in [0.15, 0.2) is 72.8 Å². The van der Waals surface area contributed by atoms with Crippen molar-refractivity contribution >= 4 is 35.0 Å². The number of anilines is 2. The summed E-state index contributed by atoms with van der Waals surface area (Å²) in [6.07, 6.45) is 0. The number of benzene rings is 3. The van der Waals surface area contributed by atoms with Crippen molar-refractivity contribution in [1.29, 1.82) is 0 Å². The van der Waals surface area contributed by atoms with E-state index in [4.69, 9.17) is 0 Å². The summed E-state index contributed by atoms with van der Waals surface area (Å²) >= 11 is 1.64. The van der Waals surface area contributed by atoms with E-state index in [2.05, 4.69) is 46.0 Å². The molecule has 1 aliphatic heterocycles. The Hall–Kier alpha value is -3.05. The Kier molecular flexibility index (Phi) is 6.85. The summed E-state index contributed by atoms with van der Waals surface area (Å²) in [6.45, 7) is 10.8.